The first-order valence-corrected chi connectivity index (χ1v) is 7.25. The van der Waals surface area contributed by atoms with Crippen LogP contribution in [-0.2, 0) is 4.79 Å². The molecule has 1 aliphatic rings. The Hall–Kier alpha value is -2.24. The van der Waals surface area contributed by atoms with Crippen LogP contribution in [0.4, 0.5) is 0 Å². The molecular weight excluding hydrogens is 286 g/mol. The zero-order valence-electron chi connectivity index (χ0n) is 13.1. The van der Waals surface area contributed by atoms with Crippen molar-refractivity contribution in [2.75, 3.05) is 26.8 Å². The summed E-state index contributed by atoms with van der Waals surface area (Å²) in [6.45, 7) is 4.71. The van der Waals surface area contributed by atoms with E-state index in [2.05, 4.69) is 0 Å². The number of rotatable bonds is 5. The highest BCUT2D eigenvalue weighted by molar-refractivity contribution is 5.95. The molecule has 0 saturated carbocycles. The van der Waals surface area contributed by atoms with Gasteiger partial charge in [0.2, 0.25) is 0 Å². The maximum Gasteiger partial charge on any atom is 0.311 e. The number of nitrogens with zero attached hydrogens (tertiary/aromatic N) is 1. The van der Waals surface area contributed by atoms with Crippen LogP contribution < -0.4 is 9.47 Å². The molecule has 0 aromatic heterocycles. The number of carbonyl (C=O) groups excluding carboxylic acids is 1. The summed E-state index contributed by atoms with van der Waals surface area (Å²) in [5.74, 6) is 0.0182. The van der Waals surface area contributed by atoms with Crippen molar-refractivity contribution < 1.29 is 24.2 Å². The van der Waals surface area contributed by atoms with E-state index in [0.29, 0.717) is 36.6 Å². The number of amides is 1. The van der Waals surface area contributed by atoms with Crippen LogP contribution >= 0.6 is 0 Å². The van der Waals surface area contributed by atoms with E-state index < -0.39 is 11.4 Å². The monoisotopic (exact) mass is 307 g/mol. The van der Waals surface area contributed by atoms with Gasteiger partial charge in [-0.2, -0.15) is 0 Å². The number of hydrogen-bond donors (Lipinski definition) is 1. The number of ether oxygens (including phenoxy) is 2. The quantitative estimate of drug-likeness (QED) is 0.900. The smallest absolute Gasteiger partial charge is 0.311 e. The minimum absolute atomic E-state index is 0.189. The number of likely N-dealkylation sites (tertiary alicyclic amines) is 1. The molecule has 0 spiro atoms. The molecular formula is C16H21NO5. The van der Waals surface area contributed by atoms with E-state index in [9.17, 15) is 14.7 Å². The summed E-state index contributed by atoms with van der Waals surface area (Å²) in [7, 11) is 1.52. The molecule has 0 bridgehead atoms. The number of carboxylic acids is 1. The Balaban J connectivity index is 2.19. The Morgan fingerprint density at radius 2 is 2.09 bits per heavy atom. The second-order valence-corrected chi connectivity index (χ2v) is 5.64. The lowest BCUT2D eigenvalue weighted by Gasteiger charge is -2.20. The Kier molecular flexibility index (Phi) is 4.59. The molecule has 1 aromatic rings. The molecule has 1 aliphatic heterocycles. The minimum atomic E-state index is -0.870. The molecule has 1 heterocycles. The number of carboxylic acid groups (broad SMARTS) is 1. The van der Waals surface area contributed by atoms with Crippen LogP contribution in [0.3, 0.4) is 0 Å². The van der Waals surface area contributed by atoms with E-state index in [0.717, 1.165) is 0 Å². The largest absolute Gasteiger partial charge is 0.493 e. The summed E-state index contributed by atoms with van der Waals surface area (Å²) < 4.78 is 10.7. The van der Waals surface area contributed by atoms with Crippen LogP contribution in [0.2, 0.25) is 0 Å². The molecule has 1 unspecified atom stereocenters. The molecule has 6 heteroatoms. The second kappa shape index (κ2) is 6.25. The van der Waals surface area contributed by atoms with E-state index >= 15 is 0 Å². The predicted octanol–water partition coefficient (Wildman–Crippen LogP) is 2.03. The van der Waals surface area contributed by atoms with Gasteiger partial charge in [-0.15, -0.1) is 0 Å². The third kappa shape index (κ3) is 3.00. The number of methoxy groups -OCH3 is 1. The van der Waals surface area contributed by atoms with Crippen LogP contribution in [0.15, 0.2) is 18.2 Å². The minimum Gasteiger partial charge on any atom is -0.493 e. The normalized spacial score (nSPS) is 20.8. The van der Waals surface area contributed by atoms with Crippen molar-refractivity contribution in [1.29, 1.82) is 0 Å². The highest BCUT2D eigenvalue weighted by Gasteiger charge is 2.42. The fourth-order valence-corrected chi connectivity index (χ4v) is 2.57. The van der Waals surface area contributed by atoms with Gasteiger partial charge >= 0.3 is 5.97 Å². The Labute approximate surface area is 129 Å². The van der Waals surface area contributed by atoms with Gasteiger partial charge < -0.3 is 19.5 Å². The van der Waals surface area contributed by atoms with Gasteiger partial charge in [0.05, 0.1) is 19.1 Å². The van der Waals surface area contributed by atoms with Crippen LogP contribution in [0.25, 0.3) is 0 Å². The molecule has 120 valence electrons. The number of benzene rings is 1. The first kappa shape index (κ1) is 16.1. The SMILES string of the molecule is CCOc1ccc(C(=O)N2CCC(C)(C(=O)O)C2)cc1OC. The van der Waals surface area contributed by atoms with Crippen molar-refractivity contribution in [2.24, 2.45) is 5.41 Å². The van der Waals surface area contributed by atoms with Gasteiger partial charge in [0.15, 0.2) is 11.5 Å². The highest BCUT2D eigenvalue weighted by atomic mass is 16.5. The fourth-order valence-electron chi connectivity index (χ4n) is 2.57. The van der Waals surface area contributed by atoms with Gasteiger partial charge in [0.1, 0.15) is 0 Å². The van der Waals surface area contributed by atoms with Crippen molar-refractivity contribution in [2.45, 2.75) is 20.3 Å². The van der Waals surface area contributed by atoms with Crippen LogP contribution in [0.1, 0.15) is 30.6 Å². The number of hydrogen-bond acceptors (Lipinski definition) is 4. The third-order valence-electron chi connectivity index (χ3n) is 3.99. The predicted molar refractivity (Wildman–Crippen MR) is 80.4 cm³/mol. The molecule has 0 aliphatic carbocycles. The Bertz CT molecular complexity index is 586. The molecule has 1 amide bonds. The lowest BCUT2D eigenvalue weighted by molar-refractivity contribution is -0.147. The highest BCUT2D eigenvalue weighted by Crippen LogP contribution is 2.33. The lowest BCUT2D eigenvalue weighted by Crippen LogP contribution is -2.34. The van der Waals surface area contributed by atoms with E-state index in [4.69, 9.17) is 9.47 Å². The Morgan fingerprint density at radius 3 is 2.64 bits per heavy atom. The summed E-state index contributed by atoms with van der Waals surface area (Å²) in [5.41, 5.74) is -0.402. The van der Waals surface area contributed by atoms with Crippen molar-refractivity contribution in [3.05, 3.63) is 23.8 Å². The zero-order valence-corrected chi connectivity index (χ0v) is 13.1. The molecule has 22 heavy (non-hydrogen) atoms. The van der Waals surface area contributed by atoms with Gasteiger partial charge in [-0.05, 0) is 38.5 Å². The van der Waals surface area contributed by atoms with Crippen LogP contribution in [0.5, 0.6) is 11.5 Å². The van der Waals surface area contributed by atoms with Crippen molar-refractivity contribution in [3.8, 4) is 11.5 Å². The molecule has 1 atom stereocenters. The van der Waals surface area contributed by atoms with Gasteiger partial charge in [-0.1, -0.05) is 0 Å². The van der Waals surface area contributed by atoms with Crippen LogP contribution in [0, 0.1) is 5.41 Å². The summed E-state index contributed by atoms with van der Waals surface area (Å²) in [5, 5.41) is 9.25. The van der Waals surface area contributed by atoms with Gasteiger partial charge in [-0.25, -0.2) is 0 Å². The van der Waals surface area contributed by atoms with Gasteiger partial charge in [0, 0.05) is 18.7 Å². The third-order valence-corrected chi connectivity index (χ3v) is 3.99. The molecule has 0 radical (unpaired) electrons. The Morgan fingerprint density at radius 1 is 1.36 bits per heavy atom. The molecule has 2 rings (SSSR count). The molecule has 1 fully saturated rings. The second-order valence-electron chi connectivity index (χ2n) is 5.64. The first-order chi connectivity index (χ1) is 10.4. The number of aliphatic carboxylic acids is 1. The lowest BCUT2D eigenvalue weighted by atomic mass is 9.90. The van der Waals surface area contributed by atoms with Crippen molar-refractivity contribution >= 4 is 11.9 Å². The summed E-state index contributed by atoms with van der Waals surface area (Å²) in [6, 6.07) is 5.00. The maximum absolute atomic E-state index is 12.5. The maximum atomic E-state index is 12.5. The molecule has 1 N–H and O–H groups in total. The van der Waals surface area contributed by atoms with E-state index in [1.807, 2.05) is 6.92 Å². The fraction of sp³-hybridized carbons (Fsp3) is 0.500. The van der Waals surface area contributed by atoms with E-state index in [-0.39, 0.29) is 12.5 Å². The van der Waals surface area contributed by atoms with Gasteiger partial charge in [0.25, 0.3) is 5.91 Å². The number of carbonyl (C=O) groups is 2. The van der Waals surface area contributed by atoms with Crippen LogP contribution in [-0.4, -0.2) is 48.7 Å². The summed E-state index contributed by atoms with van der Waals surface area (Å²) in [4.78, 5) is 25.4. The van der Waals surface area contributed by atoms with Crippen molar-refractivity contribution in [3.63, 3.8) is 0 Å². The molecule has 1 aromatic carbocycles. The average molecular weight is 307 g/mol. The van der Waals surface area contributed by atoms with Gasteiger partial charge in [-0.3, -0.25) is 9.59 Å². The summed E-state index contributed by atoms with van der Waals surface area (Å²) in [6.07, 6.45) is 0.461. The first-order valence-electron chi connectivity index (χ1n) is 7.25. The van der Waals surface area contributed by atoms with Crippen molar-refractivity contribution in [1.82, 2.24) is 4.90 Å². The van der Waals surface area contributed by atoms with E-state index in [1.165, 1.54) is 7.11 Å². The summed E-state index contributed by atoms with van der Waals surface area (Å²) >= 11 is 0. The molecule has 6 nitrogen and oxygen atoms in total. The van der Waals surface area contributed by atoms with E-state index in [1.54, 1.807) is 30.0 Å². The standard InChI is InChI=1S/C16H21NO5/c1-4-22-12-6-5-11(9-13(12)21-3)14(18)17-8-7-16(2,10-17)15(19)20/h5-6,9H,4,7-8,10H2,1-3H3,(H,19,20). The zero-order chi connectivity index (χ0) is 16.3. The molecule has 1 saturated heterocycles. The average Bonchev–Trinajstić information content (AvgIpc) is 2.91. The topological polar surface area (TPSA) is 76.1 Å².